The van der Waals surface area contributed by atoms with Crippen LogP contribution in [0.25, 0.3) is 0 Å². The Morgan fingerprint density at radius 2 is 1.96 bits per heavy atom. The second-order valence-electron chi connectivity index (χ2n) is 6.41. The van der Waals surface area contributed by atoms with Crippen molar-refractivity contribution < 1.29 is 9.53 Å². The van der Waals surface area contributed by atoms with Gasteiger partial charge in [0.2, 0.25) is 0 Å². The fourth-order valence-electron chi connectivity index (χ4n) is 3.65. The van der Waals surface area contributed by atoms with Crippen LogP contribution in [0.4, 0.5) is 0 Å². The quantitative estimate of drug-likeness (QED) is 0.910. The molecule has 0 spiro atoms. The molecule has 1 aromatic carbocycles. The summed E-state index contributed by atoms with van der Waals surface area (Å²) >= 11 is 0. The number of carbonyl (C=O) groups excluding carboxylic acids is 1. The summed E-state index contributed by atoms with van der Waals surface area (Å²) in [5.74, 6) is 0.792. The van der Waals surface area contributed by atoms with Gasteiger partial charge >= 0.3 is 0 Å². The van der Waals surface area contributed by atoms with E-state index in [0.29, 0.717) is 23.4 Å². The molecule has 0 radical (unpaired) electrons. The van der Waals surface area contributed by atoms with E-state index >= 15 is 0 Å². The molecule has 0 unspecified atom stereocenters. The van der Waals surface area contributed by atoms with Crippen molar-refractivity contribution in [3.05, 3.63) is 52.5 Å². The predicted octanol–water partition coefficient (Wildman–Crippen LogP) is 2.27. The summed E-state index contributed by atoms with van der Waals surface area (Å²) in [5, 5.41) is 13.4. The Kier molecular flexibility index (Phi) is 4.51. The van der Waals surface area contributed by atoms with Crippen LogP contribution in [0.3, 0.4) is 0 Å². The zero-order chi connectivity index (χ0) is 18.1. The molecule has 1 atom stereocenters. The standard InChI is InChI=1S/C19H22N4O2/c1-22(2)23-15-5-4-6-16(24)18(15)17(14(11-20)19(23)21)12-7-9-13(25-3)10-8-12/h7-10,17H,4-6,21H2,1-3H3/t17-/m1/s1. The first-order chi connectivity index (χ1) is 12.0. The Hall–Kier alpha value is -2.78. The third-order valence-electron chi connectivity index (χ3n) is 4.74. The first kappa shape index (κ1) is 17.1. The van der Waals surface area contributed by atoms with Crippen molar-refractivity contribution in [2.45, 2.75) is 25.2 Å². The van der Waals surface area contributed by atoms with E-state index in [4.69, 9.17) is 10.5 Å². The van der Waals surface area contributed by atoms with E-state index in [-0.39, 0.29) is 5.78 Å². The van der Waals surface area contributed by atoms with Crippen LogP contribution in [0, 0.1) is 11.3 Å². The largest absolute Gasteiger partial charge is 0.497 e. The lowest BCUT2D eigenvalue weighted by Gasteiger charge is -2.42. The summed E-state index contributed by atoms with van der Waals surface area (Å²) in [7, 11) is 5.33. The molecule has 6 nitrogen and oxygen atoms in total. The smallest absolute Gasteiger partial charge is 0.161 e. The number of hydrogen-bond acceptors (Lipinski definition) is 6. The number of carbonyl (C=O) groups is 1. The SMILES string of the molecule is COc1ccc([C@@H]2C(C#N)=C(N)N(N(C)C)C3=C2C(=O)CCC3)cc1. The Bertz CT molecular complexity index is 800. The molecule has 1 aromatic rings. The Morgan fingerprint density at radius 3 is 2.52 bits per heavy atom. The zero-order valence-electron chi connectivity index (χ0n) is 14.7. The van der Waals surface area contributed by atoms with E-state index in [0.717, 1.165) is 29.9 Å². The molecule has 0 saturated heterocycles. The van der Waals surface area contributed by atoms with Gasteiger partial charge in [0.1, 0.15) is 11.6 Å². The normalized spacial score (nSPS) is 20.7. The third kappa shape index (κ3) is 2.77. The van der Waals surface area contributed by atoms with Crippen molar-refractivity contribution in [1.82, 2.24) is 10.0 Å². The van der Waals surface area contributed by atoms with E-state index in [1.165, 1.54) is 0 Å². The van der Waals surface area contributed by atoms with Crippen LogP contribution in [0.2, 0.25) is 0 Å². The van der Waals surface area contributed by atoms with E-state index in [9.17, 15) is 10.1 Å². The molecule has 0 fully saturated rings. The van der Waals surface area contributed by atoms with E-state index in [1.54, 1.807) is 12.1 Å². The Labute approximate surface area is 147 Å². The molecule has 0 amide bonds. The maximum atomic E-state index is 12.8. The van der Waals surface area contributed by atoms with Crippen molar-refractivity contribution in [3.63, 3.8) is 0 Å². The summed E-state index contributed by atoms with van der Waals surface area (Å²) in [6.45, 7) is 0. The van der Waals surface area contributed by atoms with Gasteiger partial charge < -0.3 is 10.5 Å². The molecular formula is C19H22N4O2. The number of hydrazine groups is 1. The minimum atomic E-state index is -0.421. The molecule has 6 heteroatoms. The van der Waals surface area contributed by atoms with E-state index in [1.807, 2.05) is 43.4 Å². The number of methoxy groups -OCH3 is 1. The lowest BCUT2D eigenvalue weighted by atomic mass is 9.76. The van der Waals surface area contributed by atoms with Crippen molar-refractivity contribution in [2.75, 3.05) is 21.2 Å². The number of allylic oxidation sites excluding steroid dienone is 3. The maximum Gasteiger partial charge on any atom is 0.161 e. The highest BCUT2D eigenvalue weighted by molar-refractivity contribution is 5.99. The number of nitriles is 1. The van der Waals surface area contributed by atoms with E-state index in [2.05, 4.69) is 6.07 Å². The number of rotatable bonds is 3. The predicted molar refractivity (Wildman–Crippen MR) is 94.0 cm³/mol. The number of nitrogens with zero attached hydrogens (tertiary/aromatic N) is 3. The Morgan fingerprint density at radius 1 is 1.28 bits per heavy atom. The van der Waals surface area contributed by atoms with Gasteiger partial charge in [-0.15, -0.1) is 0 Å². The third-order valence-corrected chi connectivity index (χ3v) is 4.74. The molecule has 1 aliphatic heterocycles. The second kappa shape index (κ2) is 6.61. The number of Topliss-reactive ketones (excluding diaryl/α,β-unsaturated/α-hetero) is 1. The zero-order valence-corrected chi connectivity index (χ0v) is 14.7. The van der Waals surface area contributed by atoms with Crippen molar-refractivity contribution in [1.29, 1.82) is 5.26 Å². The van der Waals surface area contributed by atoms with Gasteiger partial charge in [-0.05, 0) is 30.5 Å². The average molecular weight is 338 g/mol. The van der Waals surface area contributed by atoms with Gasteiger partial charge in [-0.2, -0.15) is 5.26 Å². The number of ether oxygens (including phenoxy) is 1. The molecule has 130 valence electrons. The summed E-state index contributed by atoms with van der Waals surface area (Å²) in [5.41, 5.74) is 9.22. The van der Waals surface area contributed by atoms with E-state index < -0.39 is 5.92 Å². The molecular weight excluding hydrogens is 316 g/mol. The van der Waals surface area contributed by atoms with Gasteiger partial charge in [-0.1, -0.05) is 12.1 Å². The fourth-order valence-corrected chi connectivity index (χ4v) is 3.65. The minimum absolute atomic E-state index is 0.0918. The molecule has 25 heavy (non-hydrogen) atoms. The highest BCUT2D eigenvalue weighted by Gasteiger charge is 2.40. The molecule has 3 rings (SSSR count). The molecule has 0 saturated carbocycles. The minimum Gasteiger partial charge on any atom is -0.497 e. The summed E-state index contributed by atoms with van der Waals surface area (Å²) in [4.78, 5) is 12.8. The van der Waals surface area contributed by atoms with Gasteiger partial charge in [0.15, 0.2) is 5.78 Å². The van der Waals surface area contributed by atoms with Crippen LogP contribution in [-0.4, -0.2) is 37.0 Å². The summed E-state index contributed by atoms with van der Waals surface area (Å²) in [6, 6.07) is 9.71. The number of hydrogen-bond donors (Lipinski definition) is 1. The second-order valence-corrected chi connectivity index (χ2v) is 6.41. The van der Waals surface area contributed by atoms with Crippen molar-refractivity contribution in [3.8, 4) is 11.8 Å². The lowest BCUT2D eigenvalue weighted by Crippen LogP contribution is -2.45. The van der Waals surface area contributed by atoms with Crippen LogP contribution in [-0.2, 0) is 4.79 Å². The molecule has 0 bridgehead atoms. The van der Waals surface area contributed by atoms with Crippen molar-refractivity contribution in [2.24, 2.45) is 5.73 Å². The van der Waals surface area contributed by atoms with Gasteiger partial charge in [0.05, 0.1) is 24.7 Å². The fraction of sp³-hybridized carbons (Fsp3) is 0.368. The first-order valence-electron chi connectivity index (χ1n) is 8.26. The van der Waals surface area contributed by atoms with Gasteiger partial charge in [-0.3, -0.25) is 9.80 Å². The topological polar surface area (TPSA) is 82.6 Å². The van der Waals surface area contributed by atoms with Gasteiger partial charge in [-0.25, -0.2) is 5.01 Å². The lowest BCUT2D eigenvalue weighted by molar-refractivity contribution is -0.116. The average Bonchev–Trinajstić information content (AvgIpc) is 2.60. The van der Waals surface area contributed by atoms with Crippen LogP contribution in [0.1, 0.15) is 30.7 Å². The maximum absolute atomic E-state index is 12.8. The number of ketones is 1. The highest BCUT2D eigenvalue weighted by atomic mass is 16.5. The molecule has 1 heterocycles. The van der Waals surface area contributed by atoms with Crippen LogP contribution >= 0.6 is 0 Å². The highest BCUT2D eigenvalue weighted by Crippen LogP contribution is 2.44. The summed E-state index contributed by atoms with van der Waals surface area (Å²) in [6.07, 6.45) is 2.07. The van der Waals surface area contributed by atoms with Gasteiger partial charge in [0.25, 0.3) is 0 Å². The molecule has 0 aromatic heterocycles. The molecule has 1 aliphatic carbocycles. The van der Waals surface area contributed by atoms with Crippen molar-refractivity contribution >= 4 is 5.78 Å². The molecule has 2 aliphatic rings. The van der Waals surface area contributed by atoms with Crippen LogP contribution < -0.4 is 10.5 Å². The monoisotopic (exact) mass is 338 g/mol. The Balaban J connectivity index is 2.21. The number of benzene rings is 1. The molecule has 2 N–H and O–H groups in total. The van der Waals surface area contributed by atoms with Crippen LogP contribution in [0.5, 0.6) is 5.75 Å². The number of nitrogens with two attached hydrogens (primary N) is 1. The summed E-state index contributed by atoms with van der Waals surface area (Å²) < 4.78 is 5.21. The van der Waals surface area contributed by atoms with Crippen LogP contribution in [0.15, 0.2) is 46.9 Å². The first-order valence-corrected chi connectivity index (χ1v) is 8.26. The van der Waals surface area contributed by atoms with Gasteiger partial charge in [0, 0.05) is 31.8 Å².